The highest BCUT2D eigenvalue weighted by Gasteiger charge is 2.15. The van der Waals surface area contributed by atoms with Crippen molar-refractivity contribution in [1.82, 2.24) is 5.32 Å². The first-order chi connectivity index (χ1) is 8.10. The fraction of sp³-hybridized carbons (Fsp3) is 0.167. The molecule has 17 heavy (non-hydrogen) atoms. The van der Waals surface area contributed by atoms with Crippen LogP contribution in [0.1, 0.15) is 16.5 Å². The number of halogens is 3. The molecule has 0 spiro atoms. The van der Waals surface area contributed by atoms with Crippen LogP contribution < -0.4 is 5.32 Å². The van der Waals surface area contributed by atoms with Crippen molar-refractivity contribution < 1.29 is 8.78 Å². The molecule has 1 aromatic heterocycles. The minimum Gasteiger partial charge on any atom is -0.309 e. The van der Waals surface area contributed by atoms with E-state index in [1.54, 1.807) is 13.1 Å². The van der Waals surface area contributed by atoms with Gasteiger partial charge in [-0.3, -0.25) is 0 Å². The Hall–Kier alpha value is -0.970. The molecule has 1 aromatic carbocycles. The molecule has 2 rings (SSSR count). The van der Waals surface area contributed by atoms with Crippen LogP contribution in [0.15, 0.2) is 30.3 Å². The Balaban J connectivity index is 2.41. The second-order valence-electron chi connectivity index (χ2n) is 3.57. The Labute approximate surface area is 107 Å². The van der Waals surface area contributed by atoms with Gasteiger partial charge in [-0.15, -0.1) is 11.3 Å². The van der Waals surface area contributed by atoms with Crippen LogP contribution in [0.4, 0.5) is 8.78 Å². The van der Waals surface area contributed by atoms with Crippen LogP contribution in [0.3, 0.4) is 0 Å². The predicted octanol–water partition coefficient (Wildman–Crippen LogP) is 3.99. The van der Waals surface area contributed by atoms with Crippen LogP contribution in [0.25, 0.3) is 0 Å². The van der Waals surface area contributed by atoms with Gasteiger partial charge in [0.25, 0.3) is 0 Å². The van der Waals surface area contributed by atoms with E-state index in [0.717, 1.165) is 10.9 Å². The fourth-order valence-corrected chi connectivity index (χ4v) is 2.90. The second-order valence-corrected chi connectivity index (χ2v) is 5.31. The summed E-state index contributed by atoms with van der Waals surface area (Å²) in [6.07, 6.45) is 0. The quantitative estimate of drug-likeness (QED) is 0.892. The van der Waals surface area contributed by atoms with Gasteiger partial charge < -0.3 is 5.32 Å². The summed E-state index contributed by atoms with van der Waals surface area (Å²) in [6.45, 7) is 0. The number of benzene rings is 1. The zero-order valence-corrected chi connectivity index (χ0v) is 10.6. The molecule has 2 aromatic rings. The van der Waals surface area contributed by atoms with Gasteiger partial charge in [0.1, 0.15) is 11.6 Å². The van der Waals surface area contributed by atoms with Crippen molar-refractivity contribution in [2.75, 3.05) is 7.05 Å². The van der Waals surface area contributed by atoms with Crippen molar-refractivity contribution in [2.24, 2.45) is 0 Å². The normalized spacial score (nSPS) is 12.7. The first kappa shape index (κ1) is 12.5. The maximum atomic E-state index is 13.2. The molecular weight excluding hydrogens is 264 g/mol. The van der Waals surface area contributed by atoms with Gasteiger partial charge in [-0.05, 0) is 36.9 Å². The molecule has 0 fully saturated rings. The van der Waals surface area contributed by atoms with Gasteiger partial charge in [0.2, 0.25) is 0 Å². The summed E-state index contributed by atoms with van der Waals surface area (Å²) < 4.78 is 27.0. The average Bonchev–Trinajstić information content (AvgIpc) is 2.64. The molecule has 1 atom stereocenters. The summed E-state index contributed by atoms with van der Waals surface area (Å²) in [5.74, 6) is -1.16. The Kier molecular flexibility index (Phi) is 3.76. The maximum absolute atomic E-state index is 13.2. The Morgan fingerprint density at radius 2 is 1.82 bits per heavy atom. The van der Waals surface area contributed by atoms with Gasteiger partial charge in [0.15, 0.2) is 0 Å². The van der Waals surface area contributed by atoms with Gasteiger partial charge in [0, 0.05) is 10.9 Å². The lowest BCUT2D eigenvalue weighted by atomic mass is 10.1. The molecule has 0 aliphatic rings. The molecule has 1 unspecified atom stereocenters. The summed E-state index contributed by atoms with van der Waals surface area (Å²) in [5.41, 5.74) is 0.545. The van der Waals surface area contributed by atoms with Crippen molar-refractivity contribution >= 4 is 22.9 Å². The molecule has 5 heteroatoms. The van der Waals surface area contributed by atoms with E-state index in [9.17, 15) is 8.78 Å². The Morgan fingerprint density at radius 1 is 1.18 bits per heavy atom. The van der Waals surface area contributed by atoms with E-state index < -0.39 is 11.6 Å². The topological polar surface area (TPSA) is 12.0 Å². The molecule has 0 amide bonds. The molecule has 90 valence electrons. The maximum Gasteiger partial charge on any atom is 0.126 e. The van der Waals surface area contributed by atoms with Gasteiger partial charge in [-0.2, -0.15) is 0 Å². The van der Waals surface area contributed by atoms with Crippen LogP contribution in [0.2, 0.25) is 4.34 Å². The van der Waals surface area contributed by atoms with Crippen LogP contribution in [0.5, 0.6) is 0 Å². The molecule has 1 heterocycles. The summed E-state index contributed by atoms with van der Waals surface area (Å²) in [7, 11) is 1.74. The minimum atomic E-state index is -0.581. The van der Waals surface area contributed by atoms with E-state index >= 15 is 0 Å². The third-order valence-electron chi connectivity index (χ3n) is 2.39. The highest BCUT2D eigenvalue weighted by atomic mass is 35.5. The standard InChI is InChI=1S/C12H10ClF2NS/c1-16-12(10-2-3-11(13)17-10)7-4-8(14)6-9(15)5-7/h2-6,12,16H,1H3. The number of rotatable bonds is 3. The van der Waals surface area contributed by atoms with E-state index in [-0.39, 0.29) is 6.04 Å². The lowest BCUT2D eigenvalue weighted by molar-refractivity contribution is 0.572. The summed E-state index contributed by atoms with van der Waals surface area (Å²) in [4.78, 5) is 0.919. The third-order valence-corrected chi connectivity index (χ3v) is 3.68. The van der Waals surface area contributed by atoms with Crippen molar-refractivity contribution in [1.29, 1.82) is 0 Å². The van der Waals surface area contributed by atoms with Crippen LogP contribution in [-0.4, -0.2) is 7.05 Å². The molecule has 0 aliphatic carbocycles. The van der Waals surface area contributed by atoms with Crippen LogP contribution in [-0.2, 0) is 0 Å². The van der Waals surface area contributed by atoms with Gasteiger partial charge >= 0.3 is 0 Å². The molecule has 0 radical (unpaired) electrons. The zero-order valence-electron chi connectivity index (χ0n) is 9.01. The van der Waals surface area contributed by atoms with E-state index in [2.05, 4.69) is 5.32 Å². The SMILES string of the molecule is CNC(c1cc(F)cc(F)c1)c1ccc(Cl)s1. The number of hydrogen-bond donors (Lipinski definition) is 1. The Morgan fingerprint density at radius 3 is 2.29 bits per heavy atom. The molecular formula is C12H10ClF2NS. The average molecular weight is 274 g/mol. The molecule has 0 saturated heterocycles. The van der Waals surface area contributed by atoms with E-state index in [4.69, 9.17) is 11.6 Å². The van der Waals surface area contributed by atoms with Gasteiger partial charge in [-0.1, -0.05) is 11.6 Å². The van der Waals surface area contributed by atoms with E-state index in [1.165, 1.54) is 23.5 Å². The Bertz CT molecular complexity index is 507. The smallest absolute Gasteiger partial charge is 0.126 e. The third kappa shape index (κ3) is 2.83. The number of nitrogens with one attached hydrogen (secondary N) is 1. The fourth-order valence-electron chi connectivity index (χ4n) is 1.70. The van der Waals surface area contributed by atoms with E-state index in [1.807, 2.05) is 6.07 Å². The minimum absolute atomic E-state index is 0.252. The summed E-state index contributed by atoms with van der Waals surface area (Å²) in [5, 5.41) is 3.02. The lowest BCUT2D eigenvalue weighted by Crippen LogP contribution is -2.16. The van der Waals surface area contributed by atoms with Crippen LogP contribution in [0, 0.1) is 11.6 Å². The molecule has 0 bridgehead atoms. The number of hydrogen-bond acceptors (Lipinski definition) is 2. The lowest BCUT2D eigenvalue weighted by Gasteiger charge is -2.15. The van der Waals surface area contributed by atoms with Crippen molar-refractivity contribution in [2.45, 2.75) is 6.04 Å². The first-order valence-corrected chi connectivity index (χ1v) is 6.18. The summed E-state index contributed by atoms with van der Waals surface area (Å²) >= 11 is 7.24. The highest BCUT2D eigenvalue weighted by Crippen LogP contribution is 2.31. The molecule has 1 N–H and O–H groups in total. The molecule has 1 nitrogen and oxygen atoms in total. The van der Waals surface area contributed by atoms with Gasteiger partial charge in [0.05, 0.1) is 10.4 Å². The number of thiophene rings is 1. The molecule has 0 saturated carbocycles. The van der Waals surface area contributed by atoms with Crippen molar-refractivity contribution in [3.8, 4) is 0 Å². The van der Waals surface area contributed by atoms with Crippen molar-refractivity contribution in [3.05, 3.63) is 56.7 Å². The zero-order chi connectivity index (χ0) is 12.4. The predicted molar refractivity (Wildman–Crippen MR) is 66.6 cm³/mol. The van der Waals surface area contributed by atoms with E-state index in [0.29, 0.717) is 9.90 Å². The second kappa shape index (κ2) is 5.12. The van der Waals surface area contributed by atoms with Crippen molar-refractivity contribution in [3.63, 3.8) is 0 Å². The first-order valence-electron chi connectivity index (χ1n) is 4.98. The monoisotopic (exact) mass is 273 g/mol. The highest BCUT2D eigenvalue weighted by molar-refractivity contribution is 7.16. The molecule has 0 aliphatic heterocycles. The summed E-state index contributed by atoms with van der Waals surface area (Å²) in [6, 6.07) is 6.85. The largest absolute Gasteiger partial charge is 0.309 e. The van der Waals surface area contributed by atoms with Gasteiger partial charge in [-0.25, -0.2) is 8.78 Å². The van der Waals surface area contributed by atoms with Crippen LogP contribution >= 0.6 is 22.9 Å².